The molecule has 0 spiro atoms. The maximum Gasteiger partial charge on any atom is 0.194 e. The number of benzene rings is 4. The van der Waals surface area contributed by atoms with Crippen molar-refractivity contribution >= 4 is 16.6 Å². The molecule has 1 aliphatic rings. The van der Waals surface area contributed by atoms with Crippen LogP contribution in [0.5, 0.6) is 5.75 Å². The highest BCUT2D eigenvalue weighted by Gasteiger charge is 2.24. The Balaban J connectivity index is 1.48. The lowest BCUT2D eigenvalue weighted by atomic mass is 9.88. The molecule has 0 bridgehead atoms. The van der Waals surface area contributed by atoms with Gasteiger partial charge in [-0.05, 0) is 85.6 Å². The van der Waals surface area contributed by atoms with Crippen LogP contribution in [0.2, 0.25) is 0 Å². The van der Waals surface area contributed by atoms with E-state index in [9.17, 15) is 18.0 Å². The van der Waals surface area contributed by atoms with Crippen LogP contribution in [-0.2, 0) is 0 Å². The average molecular weight is 504 g/mol. The SMILES string of the molecule is Cc1ccc2c(C(=O)c3ccc(OCCN4CCCCC4)cc3)c(-c3c(F)ccc(F)c3F)ccc2c1. The number of aryl methyl sites for hydroxylation is 1. The number of likely N-dealkylation sites (tertiary alicyclic amines) is 1. The number of carbonyl (C=O) groups is 1. The maximum atomic E-state index is 14.8. The summed E-state index contributed by atoms with van der Waals surface area (Å²) < 4.78 is 49.6. The van der Waals surface area contributed by atoms with Crippen LogP contribution in [0, 0.1) is 24.4 Å². The van der Waals surface area contributed by atoms with Crippen molar-refractivity contribution < 1.29 is 22.7 Å². The first kappa shape index (κ1) is 25.0. The van der Waals surface area contributed by atoms with Gasteiger partial charge in [-0.25, -0.2) is 13.2 Å². The fourth-order valence-electron chi connectivity index (χ4n) is 5.00. The Bertz CT molecular complexity index is 1440. The minimum absolute atomic E-state index is 0.0118. The fourth-order valence-corrected chi connectivity index (χ4v) is 5.00. The van der Waals surface area contributed by atoms with E-state index in [1.807, 2.05) is 19.1 Å². The van der Waals surface area contributed by atoms with Crippen molar-refractivity contribution in [3.63, 3.8) is 0 Å². The molecular formula is C31H28F3NO2. The molecule has 1 fully saturated rings. The second-order valence-corrected chi connectivity index (χ2v) is 9.54. The third-order valence-electron chi connectivity index (χ3n) is 6.96. The monoisotopic (exact) mass is 503 g/mol. The van der Waals surface area contributed by atoms with Gasteiger partial charge >= 0.3 is 0 Å². The van der Waals surface area contributed by atoms with Crippen LogP contribution < -0.4 is 4.74 Å². The van der Waals surface area contributed by atoms with E-state index in [4.69, 9.17) is 4.74 Å². The van der Waals surface area contributed by atoms with Gasteiger partial charge < -0.3 is 4.74 Å². The number of ether oxygens (including phenoxy) is 1. The van der Waals surface area contributed by atoms with Gasteiger partial charge in [-0.15, -0.1) is 0 Å². The van der Waals surface area contributed by atoms with Gasteiger partial charge in [0.05, 0.1) is 5.56 Å². The van der Waals surface area contributed by atoms with Gasteiger partial charge in [-0.2, -0.15) is 0 Å². The smallest absolute Gasteiger partial charge is 0.194 e. The van der Waals surface area contributed by atoms with Crippen LogP contribution in [0.1, 0.15) is 40.7 Å². The topological polar surface area (TPSA) is 29.5 Å². The van der Waals surface area contributed by atoms with E-state index in [0.717, 1.165) is 42.7 Å². The first-order valence-corrected chi connectivity index (χ1v) is 12.6. The van der Waals surface area contributed by atoms with Gasteiger partial charge in [0, 0.05) is 17.7 Å². The lowest BCUT2D eigenvalue weighted by Crippen LogP contribution is -2.33. The molecule has 0 saturated carbocycles. The van der Waals surface area contributed by atoms with E-state index in [1.165, 1.54) is 25.3 Å². The molecule has 0 radical (unpaired) electrons. The lowest BCUT2D eigenvalue weighted by molar-refractivity contribution is 0.104. The summed E-state index contributed by atoms with van der Waals surface area (Å²) in [6.07, 6.45) is 3.72. The summed E-state index contributed by atoms with van der Waals surface area (Å²) in [6.45, 7) is 5.51. The van der Waals surface area contributed by atoms with Crippen LogP contribution in [0.25, 0.3) is 21.9 Å². The summed E-state index contributed by atoms with van der Waals surface area (Å²) in [5.41, 5.74) is 0.906. The Labute approximate surface area is 214 Å². The molecule has 37 heavy (non-hydrogen) atoms. The third kappa shape index (κ3) is 5.25. The number of ketones is 1. The van der Waals surface area contributed by atoms with Crippen molar-refractivity contribution in [3.05, 3.63) is 101 Å². The molecule has 0 aliphatic carbocycles. The fraction of sp³-hybridized carbons (Fsp3) is 0.258. The second kappa shape index (κ2) is 10.8. The van der Waals surface area contributed by atoms with Gasteiger partial charge in [-0.1, -0.05) is 42.3 Å². The Morgan fingerprint density at radius 3 is 2.35 bits per heavy atom. The lowest BCUT2D eigenvalue weighted by Gasteiger charge is -2.26. The molecule has 4 aromatic carbocycles. The molecule has 0 amide bonds. The van der Waals surface area contributed by atoms with E-state index in [0.29, 0.717) is 23.3 Å². The molecule has 6 heteroatoms. The highest BCUT2D eigenvalue weighted by molar-refractivity contribution is 6.20. The summed E-state index contributed by atoms with van der Waals surface area (Å²) >= 11 is 0. The number of piperidine rings is 1. The molecule has 5 rings (SSSR count). The van der Waals surface area contributed by atoms with Crippen molar-refractivity contribution in [1.29, 1.82) is 0 Å². The molecule has 0 atom stereocenters. The van der Waals surface area contributed by atoms with Gasteiger partial charge in [0.15, 0.2) is 17.4 Å². The van der Waals surface area contributed by atoms with E-state index >= 15 is 0 Å². The average Bonchev–Trinajstić information content (AvgIpc) is 2.91. The standard InChI is InChI=1S/C31H28F3NO2/c1-20-5-11-24-22(19-20)8-12-25(29-26(32)13-14-27(33)30(29)34)28(24)31(36)21-6-9-23(10-7-21)37-18-17-35-15-3-2-4-16-35/h5-14,19H,2-4,15-18H2,1H3. The van der Waals surface area contributed by atoms with Crippen LogP contribution in [0.15, 0.2) is 66.7 Å². The van der Waals surface area contributed by atoms with Crippen molar-refractivity contribution in [1.82, 2.24) is 4.90 Å². The summed E-state index contributed by atoms with van der Waals surface area (Å²) in [5, 5.41) is 1.29. The normalized spacial score (nSPS) is 14.2. The minimum Gasteiger partial charge on any atom is -0.492 e. The summed E-state index contributed by atoms with van der Waals surface area (Å²) in [7, 11) is 0. The Morgan fingerprint density at radius 1 is 0.865 bits per heavy atom. The molecule has 4 aromatic rings. The number of hydrogen-bond acceptors (Lipinski definition) is 3. The summed E-state index contributed by atoms with van der Waals surface area (Å²) in [4.78, 5) is 16.2. The summed E-state index contributed by atoms with van der Waals surface area (Å²) in [5.74, 6) is -3.20. The van der Waals surface area contributed by atoms with E-state index < -0.39 is 28.8 Å². The van der Waals surface area contributed by atoms with Gasteiger partial charge in [0.25, 0.3) is 0 Å². The Kier molecular flexibility index (Phi) is 7.28. The Morgan fingerprint density at radius 2 is 1.59 bits per heavy atom. The van der Waals surface area contributed by atoms with Crippen LogP contribution in [0.3, 0.4) is 0 Å². The zero-order chi connectivity index (χ0) is 25.9. The quantitative estimate of drug-likeness (QED) is 0.195. The zero-order valence-corrected chi connectivity index (χ0v) is 20.7. The van der Waals surface area contributed by atoms with Crippen molar-refractivity contribution in [2.24, 2.45) is 0 Å². The van der Waals surface area contributed by atoms with Crippen molar-refractivity contribution in [3.8, 4) is 16.9 Å². The van der Waals surface area contributed by atoms with Gasteiger partial charge in [0.1, 0.15) is 18.2 Å². The molecule has 190 valence electrons. The molecule has 0 N–H and O–H groups in total. The van der Waals surface area contributed by atoms with E-state index in [1.54, 1.807) is 36.4 Å². The van der Waals surface area contributed by atoms with Crippen molar-refractivity contribution in [2.75, 3.05) is 26.2 Å². The number of rotatable bonds is 7. The first-order chi connectivity index (χ1) is 17.9. The molecule has 1 aliphatic heterocycles. The molecule has 0 unspecified atom stereocenters. The number of hydrogen-bond donors (Lipinski definition) is 0. The minimum atomic E-state index is -1.32. The van der Waals surface area contributed by atoms with Crippen molar-refractivity contribution in [2.45, 2.75) is 26.2 Å². The predicted molar refractivity (Wildman–Crippen MR) is 140 cm³/mol. The largest absolute Gasteiger partial charge is 0.492 e. The van der Waals surface area contributed by atoms with Gasteiger partial charge in [0.2, 0.25) is 0 Å². The molecule has 0 aromatic heterocycles. The zero-order valence-electron chi connectivity index (χ0n) is 20.7. The van der Waals surface area contributed by atoms with E-state index in [-0.39, 0.29) is 11.1 Å². The molecule has 3 nitrogen and oxygen atoms in total. The van der Waals surface area contributed by atoms with Crippen LogP contribution in [-0.4, -0.2) is 36.9 Å². The molecule has 1 heterocycles. The highest BCUT2D eigenvalue weighted by atomic mass is 19.2. The number of nitrogens with zero attached hydrogens (tertiary/aromatic N) is 1. The number of carbonyl (C=O) groups excluding carboxylic acids is 1. The Hall–Kier alpha value is -3.64. The summed E-state index contributed by atoms with van der Waals surface area (Å²) in [6, 6.07) is 17.0. The predicted octanol–water partition coefficient (Wildman–Crippen LogP) is 7.33. The first-order valence-electron chi connectivity index (χ1n) is 12.6. The van der Waals surface area contributed by atoms with Crippen LogP contribution in [0.4, 0.5) is 13.2 Å². The second-order valence-electron chi connectivity index (χ2n) is 9.54. The molecule has 1 saturated heterocycles. The highest BCUT2D eigenvalue weighted by Crippen LogP contribution is 2.36. The van der Waals surface area contributed by atoms with Gasteiger partial charge in [-0.3, -0.25) is 9.69 Å². The number of halogens is 3. The molecular weight excluding hydrogens is 475 g/mol. The third-order valence-corrected chi connectivity index (χ3v) is 6.96. The number of fused-ring (bicyclic) bond motifs is 1. The maximum absolute atomic E-state index is 14.8. The van der Waals surface area contributed by atoms with Crippen LogP contribution >= 0.6 is 0 Å². The van der Waals surface area contributed by atoms with E-state index in [2.05, 4.69) is 4.90 Å².